The molecule has 1 rings (SSSR count). The predicted molar refractivity (Wildman–Crippen MR) is 73.9 cm³/mol. The van der Waals surface area contributed by atoms with Gasteiger partial charge in [-0.3, -0.25) is 4.79 Å². The number of hydrogen-bond acceptors (Lipinski definition) is 4. The number of rotatable bonds is 8. The summed E-state index contributed by atoms with van der Waals surface area (Å²) in [6.45, 7) is 3.00. The Labute approximate surface area is 114 Å². The molecule has 1 aromatic carbocycles. The van der Waals surface area contributed by atoms with Crippen molar-refractivity contribution in [1.82, 2.24) is 5.32 Å². The first kappa shape index (κ1) is 15.5. The molecule has 5 heteroatoms. The van der Waals surface area contributed by atoms with Crippen LogP contribution < -0.4 is 15.8 Å². The van der Waals surface area contributed by atoms with Crippen LogP contribution in [0.4, 0.5) is 0 Å². The van der Waals surface area contributed by atoms with E-state index < -0.39 is 0 Å². The topological polar surface area (TPSA) is 73.6 Å². The van der Waals surface area contributed by atoms with Crippen LogP contribution >= 0.6 is 0 Å². The molecule has 19 heavy (non-hydrogen) atoms. The number of hydrogen-bond donors (Lipinski definition) is 2. The van der Waals surface area contributed by atoms with Gasteiger partial charge in [-0.25, -0.2) is 0 Å². The lowest BCUT2D eigenvalue weighted by atomic mass is 10.2. The van der Waals surface area contributed by atoms with E-state index in [0.29, 0.717) is 18.9 Å². The van der Waals surface area contributed by atoms with Crippen molar-refractivity contribution in [3.05, 3.63) is 29.8 Å². The van der Waals surface area contributed by atoms with E-state index in [0.717, 1.165) is 12.0 Å². The first-order chi connectivity index (χ1) is 9.19. The SMILES string of the molecule is CCC(COC)NC(=O)COc1ccc(CN)cc1. The molecule has 1 amide bonds. The highest BCUT2D eigenvalue weighted by Gasteiger charge is 2.10. The van der Waals surface area contributed by atoms with E-state index in [9.17, 15) is 4.79 Å². The molecular weight excluding hydrogens is 244 g/mol. The van der Waals surface area contributed by atoms with Crippen LogP contribution in [0.15, 0.2) is 24.3 Å². The molecule has 0 heterocycles. The van der Waals surface area contributed by atoms with E-state index in [1.807, 2.05) is 31.2 Å². The zero-order chi connectivity index (χ0) is 14.1. The molecule has 0 saturated carbocycles. The highest BCUT2D eigenvalue weighted by Crippen LogP contribution is 2.11. The van der Waals surface area contributed by atoms with Gasteiger partial charge in [0, 0.05) is 13.7 Å². The largest absolute Gasteiger partial charge is 0.484 e. The van der Waals surface area contributed by atoms with Gasteiger partial charge in [-0.2, -0.15) is 0 Å². The van der Waals surface area contributed by atoms with Gasteiger partial charge in [0.15, 0.2) is 6.61 Å². The first-order valence-electron chi connectivity index (χ1n) is 6.39. The third-order valence-corrected chi connectivity index (χ3v) is 2.75. The summed E-state index contributed by atoms with van der Waals surface area (Å²) in [5.41, 5.74) is 6.53. The lowest BCUT2D eigenvalue weighted by Gasteiger charge is -2.16. The fraction of sp³-hybridized carbons (Fsp3) is 0.500. The van der Waals surface area contributed by atoms with Gasteiger partial charge in [0.25, 0.3) is 5.91 Å². The minimum absolute atomic E-state index is 0.00217. The summed E-state index contributed by atoms with van der Waals surface area (Å²) in [6, 6.07) is 7.41. The van der Waals surface area contributed by atoms with E-state index in [1.165, 1.54) is 0 Å². The summed E-state index contributed by atoms with van der Waals surface area (Å²) in [4.78, 5) is 11.7. The van der Waals surface area contributed by atoms with Crippen molar-refractivity contribution in [1.29, 1.82) is 0 Å². The van der Waals surface area contributed by atoms with Gasteiger partial charge in [-0.05, 0) is 24.1 Å². The second-order valence-electron chi connectivity index (χ2n) is 4.26. The quantitative estimate of drug-likeness (QED) is 0.738. The fourth-order valence-electron chi connectivity index (χ4n) is 1.60. The predicted octanol–water partition coefficient (Wildman–Crippen LogP) is 1.07. The van der Waals surface area contributed by atoms with E-state index in [4.69, 9.17) is 15.2 Å². The summed E-state index contributed by atoms with van der Waals surface area (Å²) >= 11 is 0. The van der Waals surface area contributed by atoms with Crippen LogP contribution in [-0.2, 0) is 16.1 Å². The van der Waals surface area contributed by atoms with Crippen LogP contribution in [0.1, 0.15) is 18.9 Å². The molecule has 0 saturated heterocycles. The van der Waals surface area contributed by atoms with E-state index >= 15 is 0 Å². The van der Waals surface area contributed by atoms with Crippen molar-refractivity contribution >= 4 is 5.91 Å². The Morgan fingerprint density at radius 2 is 2.05 bits per heavy atom. The van der Waals surface area contributed by atoms with Crippen molar-refractivity contribution < 1.29 is 14.3 Å². The van der Waals surface area contributed by atoms with Crippen molar-refractivity contribution in [3.63, 3.8) is 0 Å². The first-order valence-corrected chi connectivity index (χ1v) is 6.39. The van der Waals surface area contributed by atoms with Gasteiger partial charge in [0.2, 0.25) is 0 Å². The van der Waals surface area contributed by atoms with Crippen molar-refractivity contribution in [2.45, 2.75) is 25.9 Å². The average Bonchev–Trinajstić information content (AvgIpc) is 2.45. The maximum absolute atomic E-state index is 11.7. The van der Waals surface area contributed by atoms with Gasteiger partial charge < -0.3 is 20.5 Å². The second kappa shape index (κ2) is 8.50. The molecule has 1 unspecified atom stereocenters. The van der Waals surface area contributed by atoms with Crippen LogP contribution in [0.25, 0.3) is 0 Å². The molecule has 1 atom stereocenters. The molecule has 0 radical (unpaired) electrons. The minimum Gasteiger partial charge on any atom is -0.484 e. The van der Waals surface area contributed by atoms with Gasteiger partial charge in [-0.15, -0.1) is 0 Å². The Hall–Kier alpha value is -1.59. The molecule has 0 bridgehead atoms. The Bertz CT molecular complexity index is 379. The molecule has 3 N–H and O–H groups in total. The van der Waals surface area contributed by atoms with E-state index in [-0.39, 0.29) is 18.6 Å². The summed E-state index contributed by atoms with van der Waals surface area (Å²) in [5, 5.41) is 2.85. The van der Waals surface area contributed by atoms with Crippen LogP contribution in [-0.4, -0.2) is 32.3 Å². The number of methoxy groups -OCH3 is 1. The summed E-state index contributed by atoms with van der Waals surface area (Å²) in [5.74, 6) is 0.513. The number of nitrogens with one attached hydrogen (secondary N) is 1. The van der Waals surface area contributed by atoms with Crippen LogP contribution in [0.2, 0.25) is 0 Å². The van der Waals surface area contributed by atoms with Gasteiger partial charge >= 0.3 is 0 Å². The maximum atomic E-state index is 11.7. The number of ether oxygens (including phenoxy) is 2. The monoisotopic (exact) mass is 266 g/mol. The van der Waals surface area contributed by atoms with Crippen LogP contribution in [0, 0.1) is 0 Å². The maximum Gasteiger partial charge on any atom is 0.258 e. The number of carbonyl (C=O) groups excluding carboxylic acids is 1. The number of nitrogens with two attached hydrogens (primary N) is 1. The molecule has 0 aromatic heterocycles. The molecule has 1 aromatic rings. The molecule has 0 aliphatic rings. The van der Waals surface area contributed by atoms with Crippen molar-refractivity contribution in [2.24, 2.45) is 5.73 Å². The van der Waals surface area contributed by atoms with Gasteiger partial charge in [0.05, 0.1) is 12.6 Å². The van der Waals surface area contributed by atoms with Gasteiger partial charge in [-0.1, -0.05) is 19.1 Å². The summed E-state index contributed by atoms with van der Waals surface area (Å²) in [7, 11) is 1.62. The molecule has 0 spiro atoms. The lowest BCUT2D eigenvalue weighted by molar-refractivity contribution is -0.124. The van der Waals surface area contributed by atoms with E-state index in [2.05, 4.69) is 5.32 Å². The van der Waals surface area contributed by atoms with Crippen molar-refractivity contribution in [2.75, 3.05) is 20.3 Å². The number of benzene rings is 1. The highest BCUT2D eigenvalue weighted by atomic mass is 16.5. The molecule has 5 nitrogen and oxygen atoms in total. The van der Waals surface area contributed by atoms with E-state index in [1.54, 1.807) is 7.11 Å². The second-order valence-corrected chi connectivity index (χ2v) is 4.26. The minimum atomic E-state index is -0.146. The van der Waals surface area contributed by atoms with Crippen LogP contribution in [0.5, 0.6) is 5.75 Å². The molecule has 0 fully saturated rings. The average molecular weight is 266 g/mol. The standard InChI is InChI=1S/C14H22N2O3/c1-3-12(9-18-2)16-14(17)10-19-13-6-4-11(8-15)5-7-13/h4-7,12H,3,8-10,15H2,1-2H3,(H,16,17). The Morgan fingerprint density at radius 3 is 2.58 bits per heavy atom. The molecular formula is C14H22N2O3. The third-order valence-electron chi connectivity index (χ3n) is 2.75. The Balaban J connectivity index is 2.36. The van der Waals surface area contributed by atoms with Gasteiger partial charge in [0.1, 0.15) is 5.75 Å². The zero-order valence-corrected chi connectivity index (χ0v) is 11.5. The number of amides is 1. The summed E-state index contributed by atoms with van der Waals surface area (Å²) in [6.07, 6.45) is 0.824. The molecule has 0 aliphatic heterocycles. The molecule has 0 aliphatic carbocycles. The molecule has 106 valence electrons. The number of carbonyl (C=O) groups is 1. The zero-order valence-electron chi connectivity index (χ0n) is 11.5. The highest BCUT2D eigenvalue weighted by molar-refractivity contribution is 5.77. The Kier molecular flexibility index (Phi) is 6.92. The Morgan fingerprint density at radius 1 is 1.37 bits per heavy atom. The lowest BCUT2D eigenvalue weighted by Crippen LogP contribution is -2.40. The summed E-state index contributed by atoms with van der Waals surface area (Å²) < 4.78 is 10.4. The van der Waals surface area contributed by atoms with Crippen LogP contribution in [0.3, 0.4) is 0 Å². The normalized spacial score (nSPS) is 11.9. The van der Waals surface area contributed by atoms with Crippen molar-refractivity contribution in [3.8, 4) is 5.75 Å². The third kappa shape index (κ3) is 5.72. The fourth-order valence-corrected chi connectivity index (χ4v) is 1.60. The smallest absolute Gasteiger partial charge is 0.258 e.